The summed E-state index contributed by atoms with van der Waals surface area (Å²) < 4.78 is 10.9. The third kappa shape index (κ3) is 5.38. The summed E-state index contributed by atoms with van der Waals surface area (Å²) in [6.45, 7) is 4.88. The second kappa shape index (κ2) is 10.1. The molecule has 0 unspecified atom stereocenters. The summed E-state index contributed by atoms with van der Waals surface area (Å²) in [5, 5.41) is 5.65. The molecule has 3 aromatic rings. The minimum atomic E-state index is -0.321. The number of hydrogen-bond donors (Lipinski definition) is 2. The third-order valence-corrected chi connectivity index (χ3v) is 4.25. The highest BCUT2D eigenvalue weighted by Crippen LogP contribution is 2.21. The van der Waals surface area contributed by atoms with Crippen LogP contribution in [0.5, 0.6) is 11.5 Å². The summed E-state index contributed by atoms with van der Waals surface area (Å²) >= 11 is 0. The van der Waals surface area contributed by atoms with E-state index < -0.39 is 0 Å². The van der Waals surface area contributed by atoms with Gasteiger partial charge in [-0.1, -0.05) is 18.2 Å². The van der Waals surface area contributed by atoms with Crippen molar-refractivity contribution in [1.82, 2.24) is 0 Å². The number of anilines is 2. The van der Waals surface area contributed by atoms with E-state index in [1.165, 1.54) is 0 Å². The predicted octanol–water partition coefficient (Wildman–Crippen LogP) is 4.99. The van der Waals surface area contributed by atoms with Crippen molar-refractivity contribution in [3.8, 4) is 11.5 Å². The number of nitrogens with one attached hydrogen (secondary N) is 2. The number of hydrogen-bond acceptors (Lipinski definition) is 4. The lowest BCUT2D eigenvalue weighted by molar-refractivity contribution is 0.102. The molecule has 0 fully saturated rings. The van der Waals surface area contributed by atoms with E-state index in [0.717, 1.165) is 5.75 Å². The molecule has 0 spiro atoms. The molecule has 154 valence electrons. The van der Waals surface area contributed by atoms with Gasteiger partial charge in [-0.2, -0.15) is 0 Å². The van der Waals surface area contributed by atoms with Gasteiger partial charge < -0.3 is 20.1 Å². The van der Waals surface area contributed by atoms with Crippen LogP contribution >= 0.6 is 0 Å². The van der Waals surface area contributed by atoms with Crippen LogP contribution in [0.4, 0.5) is 11.4 Å². The standard InChI is InChI=1S/C24H24N2O4/c1-3-29-19-14-12-18(13-15-19)25-24(28)21-10-5-6-11-22(21)26-23(27)17-8-7-9-20(16-17)30-4-2/h5-16H,3-4H2,1-2H3,(H,25,28)(H,26,27). The lowest BCUT2D eigenvalue weighted by Crippen LogP contribution is -2.18. The molecule has 0 radical (unpaired) electrons. The van der Waals surface area contributed by atoms with Crippen molar-refractivity contribution >= 4 is 23.2 Å². The number of amides is 2. The van der Waals surface area contributed by atoms with Gasteiger partial charge in [0.1, 0.15) is 11.5 Å². The average molecular weight is 404 g/mol. The van der Waals surface area contributed by atoms with E-state index in [1.54, 1.807) is 72.8 Å². The van der Waals surface area contributed by atoms with Gasteiger partial charge in [0.15, 0.2) is 0 Å². The van der Waals surface area contributed by atoms with Gasteiger partial charge >= 0.3 is 0 Å². The highest BCUT2D eigenvalue weighted by Gasteiger charge is 2.15. The van der Waals surface area contributed by atoms with Crippen molar-refractivity contribution in [1.29, 1.82) is 0 Å². The maximum absolute atomic E-state index is 12.8. The molecule has 6 nitrogen and oxygen atoms in total. The summed E-state index contributed by atoms with van der Waals surface area (Å²) in [5.41, 5.74) is 1.87. The molecule has 6 heteroatoms. The summed E-state index contributed by atoms with van der Waals surface area (Å²) in [7, 11) is 0. The molecule has 0 aromatic heterocycles. The fourth-order valence-corrected chi connectivity index (χ4v) is 2.88. The van der Waals surface area contributed by atoms with Crippen molar-refractivity contribution in [2.45, 2.75) is 13.8 Å². The lowest BCUT2D eigenvalue weighted by Gasteiger charge is -2.12. The molecule has 0 aliphatic carbocycles. The van der Waals surface area contributed by atoms with Crippen LogP contribution in [0.1, 0.15) is 34.6 Å². The number of para-hydroxylation sites is 1. The minimum Gasteiger partial charge on any atom is -0.494 e. The Morgan fingerprint density at radius 2 is 1.43 bits per heavy atom. The van der Waals surface area contributed by atoms with E-state index in [0.29, 0.717) is 41.5 Å². The number of carbonyl (C=O) groups excluding carboxylic acids is 2. The summed E-state index contributed by atoms with van der Waals surface area (Å²) in [4.78, 5) is 25.5. The molecule has 3 aromatic carbocycles. The Labute approximate surface area is 175 Å². The van der Waals surface area contributed by atoms with Gasteiger partial charge in [-0.15, -0.1) is 0 Å². The Kier molecular flexibility index (Phi) is 7.05. The molecule has 30 heavy (non-hydrogen) atoms. The second-order valence-corrected chi connectivity index (χ2v) is 6.37. The van der Waals surface area contributed by atoms with Crippen LogP contribution < -0.4 is 20.1 Å². The highest BCUT2D eigenvalue weighted by atomic mass is 16.5. The largest absolute Gasteiger partial charge is 0.494 e. The van der Waals surface area contributed by atoms with Crippen molar-refractivity contribution in [2.75, 3.05) is 23.8 Å². The molecule has 0 atom stereocenters. The average Bonchev–Trinajstić information content (AvgIpc) is 2.76. The van der Waals surface area contributed by atoms with Gasteiger partial charge in [0.05, 0.1) is 24.5 Å². The third-order valence-electron chi connectivity index (χ3n) is 4.25. The number of benzene rings is 3. The van der Waals surface area contributed by atoms with Gasteiger partial charge in [-0.25, -0.2) is 0 Å². The Morgan fingerprint density at radius 3 is 2.17 bits per heavy atom. The monoisotopic (exact) mass is 404 g/mol. The zero-order valence-electron chi connectivity index (χ0n) is 17.0. The fraction of sp³-hybridized carbons (Fsp3) is 0.167. The lowest BCUT2D eigenvalue weighted by atomic mass is 10.1. The van der Waals surface area contributed by atoms with E-state index in [-0.39, 0.29) is 11.8 Å². The van der Waals surface area contributed by atoms with Crippen LogP contribution in [0.15, 0.2) is 72.8 Å². The van der Waals surface area contributed by atoms with Gasteiger partial charge in [0.25, 0.3) is 11.8 Å². The number of rotatable bonds is 8. The number of ether oxygens (including phenoxy) is 2. The molecule has 2 N–H and O–H groups in total. The molecule has 2 amide bonds. The molecule has 0 aliphatic rings. The summed E-state index contributed by atoms with van der Waals surface area (Å²) in [6, 6.07) is 20.9. The molecule has 3 rings (SSSR count). The van der Waals surface area contributed by atoms with Crippen LogP contribution in [0.25, 0.3) is 0 Å². The van der Waals surface area contributed by atoms with Gasteiger partial charge in [0.2, 0.25) is 0 Å². The van der Waals surface area contributed by atoms with Crippen molar-refractivity contribution in [2.24, 2.45) is 0 Å². The maximum atomic E-state index is 12.8. The molecule has 0 aliphatic heterocycles. The van der Waals surface area contributed by atoms with Crippen molar-refractivity contribution < 1.29 is 19.1 Å². The van der Waals surface area contributed by atoms with E-state index in [2.05, 4.69) is 10.6 Å². The van der Waals surface area contributed by atoms with E-state index in [1.807, 2.05) is 13.8 Å². The Balaban J connectivity index is 1.74. The zero-order valence-corrected chi connectivity index (χ0v) is 17.0. The van der Waals surface area contributed by atoms with Crippen molar-refractivity contribution in [3.63, 3.8) is 0 Å². The molecule has 0 bridgehead atoms. The van der Waals surface area contributed by atoms with Gasteiger partial charge in [0, 0.05) is 11.3 Å². The van der Waals surface area contributed by atoms with Crippen LogP contribution in [0.3, 0.4) is 0 Å². The van der Waals surface area contributed by atoms with E-state index in [9.17, 15) is 9.59 Å². The second-order valence-electron chi connectivity index (χ2n) is 6.37. The van der Waals surface area contributed by atoms with Crippen molar-refractivity contribution in [3.05, 3.63) is 83.9 Å². The minimum absolute atomic E-state index is 0.321. The molecule has 0 saturated heterocycles. The maximum Gasteiger partial charge on any atom is 0.257 e. The predicted molar refractivity (Wildman–Crippen MR) is 118 cm³/mol. The van der Waals surface area contributed by atoms with Crippen LogP contribution in [-0.2, 0) is 0 Å². The smallest absolute Gasteiger partial charge is 0.257 e. The van der Waals surface area contributed by atoms with E-state index >= 15 is 0 Å². The van der Waals surface area contributed by atoms with Gasteiger partial charge in [-0.3, -0.25) is 9.59 Å². The fourth-order valence-electron chi connectivity index (χ4n) is 2.88. The quantitative estimate of drug-likeness (QED) is 0.555. The Bertz CT molecular complexity index is 1020. The Hall–Kier alpha value is -3.80. The van der Waals surface area contributed by atoms with Crippen LogP contribution in [0, 0.1) is 0 Å². The normalized spacial score (nSPS) is 10.2. The first kappa shape index (κ1) is 20.9. The van der Waals surface area contributed by atoms with Gasteiger partial charge in [-0.05, 0) is 68.4 Å². The number of carbonyl (C=O) groups is 2. The molecule has 0 saturated carbocycles. The van der Waals surface area contributed by atoms with Crippen LogP contribution in [-0.4, -0.2) is 25.0 Å². The summed E-state index contributed by atoms with van der Waals surface area (Å²) in [5.74, 6) is 0.708. The zero-order chi connectivity index (χ0) is 21.3. The molecular weight excluding hydrogens is 380 g/mol. The topological polar surface area (TPSA) is 76.7 Å². The SMILES string of the molecule is CCOc1ccc(NC(=O)c2ccccc2NC(=O)c2cccc(OCC)c2)cc1. The summed E-state index contributed by atoms with van der Waals surface area (Å²) in [6.07, 6.45) is 0. The first-order valence-corrected chi connectivity index (χ1v) is 9.78. The first-order chi connectivity index (χ1) is 14.6. The molecular formula is C24H24N2O4. The Morgan fingerprint density at radius 1 is 0.733 bits per heavy atom. The molecule has 0 heterocycles. The highest BCUT2D eigenvalue weighted by molar-refractivity contribution is 6.12. The van der Waals surface area contributed by atoms with E-state index in [4.69, 9.17) is 9.47 Å². The van der Waals surface area contributed by atoms with Crippen LogP contribution in [0.2, 0.25) is 0 Å². The first-order valence-electron chi connectivity index (χ1n) is 9.78.